The van der Waals surface area contributed by atoms with Gasteiger partial charge in [-0.1, -0.05) is 17.2 Å². The lowest BCUT2D eigenvalue weighted by atomic mass is 9.90. The van der Waals surface area contributed by atoms with E-state index in [2.05, 4.69) is 39.8 Å². The van der Waals surface area contributed by atoms with Crippen LogP contribution < -0.4 is 0 Å². The van der Waals surface area contributed by atoms with Crippen LogP contribution in [0.3, 0.4) is 0 Å². The lowest BCUT2D eigenvalue weighted by Gasteiger charge is -2.18. The average Bonchev–Trinajstić information content (AvgIpc) is 3.06. The molecule has 3 rings (SSSR count). The molecule has 0 radical (unpaired) electrons. The fourth-order valence-corrected chi connectivity index (χ4v) is 4.16. The Labute approximate surface area is 157 Å². The molecule has 4 nitrogen and oxygen atoms in total. The Morgan fingerprint density at radius 2 is 1.96 bits per heavy atom. The monoisotopic (exact) mass is 360 g/mol. The Hall–Kier alpha value is -1.39. The number of ether oxygens (including phenoxy) is 3. The molecule has 2 heterocycles. The normalized spacial score (nSPS) is 39.7. The molecule has 0 spiro atoms. The first kappa shape index (κ1) is 19.4. The molecule has 26 heavy (non-hydrogen) atoms. The quantitative estimate of drug-likeness (QED) is 0.388. The van der Waals surface area contributed by atoms with Crippen LogP contribution in [-0.4, -0.2) is 36.5 Å². The van der Waals surface area contributed by atoms with Crippen LogP contribution in [0.2, 0.25) is 0 Å². The van der Waals surface area contributed by atoms with E-state index >= 15 is 0 Å². The summed E-state index contributed by atoms with van der Waals surface area (Å²) in [6, 6.07) is 0. The molecule has 0 aromatic rings. The molecule has 0 amide bonds. The molecular weight excluding hydrogens is 328 g/mol. The molecule has 2 aliphatic heterocycles. The van der Waals surface area contributed by atoms with Gasteiger partial charge in [-0.15, -0.1) is 0 Å². The van der Waals surface area contributed by atoms with Gasteiger partial charge in [0.25, 0.3) is 0 Å². The van der Waals surface area contributed by atoms with Crippen molar-refractivity contribution in [3.8, 4) is 0 Å². The lowest BCUT2D eigenvalue weighted by molar-refractivity contribution is -0.144. The summed E-state index contributed by atoms with van der Waals surface area (Å²) < 4.78 is 17.6. The van der Waals surface area contributed by atoms with E-state index in [9.17, 15) is 4.79 Å². The molecule has 0 aromatic heterocycles. The molecule has 0 saturated carbocycles. The van der Waals surface area contributed by atoms with Crippen LogP contribution in [0.25, 0.3) is 0 Å². The third-order valence-electron chi connectivity index (χ3n) is 5.84. The maximum Gasteiger partial charge on any atom is 0.303 e. The van der Waals surface area contributed by atoms with Crippen LogP contribution in [0, 0.1) is 0 Å². The van der Waals surface area contributed by atoms with Crippen molar-refractivity contribution in [2.75, 3.05) is 6.61 Å². The second kappa shape index (κ2) is 7.69. The minimum absolute atomic E-state index is 0.00113. The third-order valence-corrected chi connectivity index (χ3v) is 5.84. The Morgan fingerprint density at radius 3 is 2.69 bits per heavy atom. The highest BCUT2D eigenvalue weighted by atomic mass is 16.6. The van der Waals surface area contributed by atoms with Gasteiger partial charge in [0.2, 0.25) is 0 Å². The fraction of sp³-hybridized carbons (Fsp3) is 0.682. The van der Waals surface area contributed by atoms with Crippen LogP contribution >= 0.6 is 0 Å². The van der Waals surface area contributed by atoms with Gasteiger partial charge in [-0.25, -0.2) is 0 Å². The molecule has 0 aromatic carbocycles. The van der Waals surface area contributed by atoms with Crippen LogP contribution in [0.15, 0.2) is 34.4 Å². The molecule has 4 heteroatoms. The van der Waals surface area contributed by atoms with Crippen molar-refractivity contribution < 1.29 is 19.0 Å². The minimum Gasteiger partial charge on any atom is -0.458 e. The van der Waals surface area contributed by atoms with Crippen molar-refractivity contribution in [1.29, 1.82) is 0 Å². The van der Waals surface area contributed by atoms with E-state index in [-0.39, 0.29) is 23.8 Å². The number of hydrogen-bond acceptors (Lipinski definition) is 4. The van der Waals surface area contributed by atoms with E-state index in [1.807, 2.05) is 0 Å². The van der Waals surface area contributed by atoms with Crippen LogP contribution in [-0.2, 0) is 19.0 Å². The van der Waals surface area contributed by atoms with E-state index in [0.29, 0.717) is 19.1 Å². The molecule has 4 atom stereocenters. The van der Waals surface area contributed by atoms with Crippen molar-refractivity contribution >= 4 is 5.97 Å². The maximum atomic E-state index is 11.5. The topological polar surface area (TPSA) is 48.1 Å². The number of epoxide rings is 1. The van der Waals surface area contributed by atoms with Gasteiger partial charge in [0, 0.05) is 13.3 Å². The van der Waals surface area contributed by atoms with E-state index in [0.717, 1.165) is 25.7 Å². The molecule has 0 bridgehead atoms. The minimum atomic E-state index is -0.236. The second-order valence-electron chi connectivity index (χ2n) is 8.37. The fourth-order valence-electron chi connectivity index (χ4n) is 4.16. The Morgan fingerprint density at radius 1 is 1.19 bits per heavy atom. The maximum absolute atomic E-state index is 11.5. The van der Waals surface area contributed by atoms with Crippen molar-refractivity contribution in [3.05, 3.63) is 34.4 Å². The van der Waals surface area contributed by atoms with E-state index in [4.69, 9.17) is 14.2 Å². The first-order chi connectivity index (χ1) is 12.3. The third kappa shape index (κ3) is 4.66. The van der Waals surface area contributed by atoms with E-state index in [1.54, 1.807) is 0 Å². The highest BCUT2D eigenvalue weighted by Gasteiger charge is 2.51. The van der Waals surface area contributed by atoms with Gasteiger partial charge in [0.1, 0.15) is 6.10 Å². The van der Waals surface area contributed by atoms with Crippen LogP contribution in [0.1, 0.15) is 66.7 Å². The Balaban J connectivity index is 1.84. The molecule has 0 unspecified atom stereocenters. The summed E-state index contributed by atoms with van der Waals surface area (Å²) in [4.78, 5) is 11.5. The second-order valence-corrected chi connectivity index (χ2v) is 8.37. The first-order valence-electron chi connectivity index (χ1n) is 9.76. The SMILES string of the molecule is CC(=O)O[C@@H]1/C=C(/C)CC[C@H]2O[C@]2(C)CCC2=C(C)CO[C@H]2/C=C(\C)C1. The van der Waals surface area contributed by atoms with Gasteiger partial charge in [0.05, 0.1) is 24.4 Å². The molecule has 3 aliphatic rings. The van der Waals surface area contributed by atoms with E-state index in [1.165, 1.54) is 29.2 Å². The standard InChI is InChI=1S/C22H32O4/c1-14-6-7-21-22(5,26-21)9-8-19-16(3)13-24-20(19)12-15(2)11-18(10-14)25-17(4)23/h10,12,18,20-21H,6-9,11,13H2,1-5H3/b14-10-,15-12+/t18-,20+,21-,22-/m1/s1. The van der Waals surface area contributed by atoms with Gasteiger partial charge in [-0.2, -0.15) is 0 Å². The molecule has 1 fully saturated rings. The Bertz CT molecular complexity index is 657. The number of fused-ring (bicyclic) bond motifs is 2. The zero-order valence-corrected chi connectivity index (χ0v) is 16.8. The summed E-state index contributed by atoms with van der Waals surface area (Å²) in [7, 11) is 0. The summed E-state index contributed by atoms with van der Waals surface area (Å²) in [6.07, 6.45) is 9.25. The van der Waals surface area contributed by atoms with Gasteiger partial charge in [-0.05, 0) is 70.6 Å². The molecule has 1 saturated heterocycles. The number of allylic oxidation sites excluding steroid dienone is 1. The number of carbonyl (C=O) groups excluding carboxylic acids is 1. The predicted octanol–water partition coefficient (Wildman–Crippen LogP) is 4.65. The first-order valence-corrected chi connectivity index (χ1v) is 9.76. The summed E-state index contributed by atoms with van der Waals surface area (Å²) in [5.74, 6) is -0.236. The zero-order chi connectivity index (χ0) is 18.9. The lowest BCUT2D eigenvalue weighted by Crippen LogP contribution is -2.17. The Kier molecular flexibility index (Phi) is 5.73. The number of carbonyl (C=O) groups is 1. The number of esters is 1. The van der Waals surface area contributed by atoms with Crippen molar-refractivity contribution in [2.24, 2.45) is 0 Å². The van der Waals surface area contributed by atoms with E-state index < -0.39 is 0 Å². The highest BCUT2D eigenvalue weighted by molar-refractivity contribution is 5.66. The molecule has 144 valence electrons. The number of hydrogen-bond donors (Lipinski definition) is 0. The van der Waals surface area contributed by atoms with Gasteiger partial charge in [-0.3, -0.25) is 4.79 Å². The van der Waals surface area contributed by atoms with Crippen molar-refractivity contribution in [2.45, 2.75) is 90.6 Å². The summed E-state index contributed by atoms with van der Waals surface area (Å²) in [5, 5.41) is 0. The summed E-state index contributed by atoms with van der Waals surface area (Å²) in [6.45, 7) is 10.8. The molecule has 1 aliphatic carbocycles. The summed E-state index contributed by atoms with van der Waals surface area (Å²) >= 11 is 0. The van der Waals surface area contributed by atoms with Crippen molar-refractivity contribution in [1.82, 2.24) is 0 Å². The van der Waals surface area contributed by atoms with Crippen LogP contribution in [0.5, 0.6) is 0 Å². The summed E-state index contributed by atoms with van der Waals surface area (Å²) in [5.41, 5.74) is 5.19. The average molecular weight is 360 g/mol. The van der Waals surface area contributed by atoms with Gasteiger partial charge >= 0.3 is 5.97 Å². The van der Waals surface area contributed by atoms with Crippen molar-refractivity contribution in [3.63, 3.8) is 0 Å². The smallest absolute Gasteiger partial charge is 0.303 e. The number of rotatable bonds is 1. The molecular formula is C22H32O4. The largest absolute Gasteiger partial charge is 0.458 e. The van der Waals surface area contributed by atoms with Gasteiger partial charge < -0.3 is 14.2 Å². The van der Waals surface area contributed by atoms with Gasteiger partial charge in [0.15, 0.2) is 0 Å². The highest BCUT2D eigenvalue weighted by Crippen LogP contribution is 2.45. The predicted molar refractivity (Wildman–Crippen MR) is 102 cm³/mol. The zero-order valence-electron chi connectivity index (χ0n) is 16.8. The molecule has 0 N–H and O–H groups in total. The van der Waals surface area contributed by atoms with Crippen LogP contribution in [0.4, 0.5) is 0 Å².